The molecule has 10 heteroatoms. The number of amides is 2. The topological polar surface area (TPSA) is 94.6 Å². The van der Waals surface area contributed by atoms with E-state index in [1.165, 1.54) is 19.3 Å². The number of methoxy groups -OCH3 is 2. The third kappa shape index (κ3) is 4.94. The number of esters is 1. The summed E-state index contributed by atoms with van der Waals surface area (Å²) < 4.78 is 15.5. The third-order valence-electron chi connectivity index (χ3n) is 5.82. The smallest absolute Gasteiger partial charge is 0.311 e. The Morgan fingerprint density at radius 1 is 1.16 bits per heavy atom. The first-order valence-electron chi connectivity index (χ1n) is 10.1. The molecule has 2 aliphatic heterocycles. The number of piperidine rings is 1. The van der Waals surface area contributed by atoms with E-state index in [0.717, 1.165) is 0 Å². The third-order valence-corrected chi connectivity index (χ3v) is 6.13. The van der Waals surface area contributed by atoms with Crippen LogP contribution in [0, 0.1) is 5.92 Å². The number of halogens is 1. The van der Waals surface area contributed by atoms with E-state index >= 15 is 0 Å². The summed E-state index contributed by atoms with van der Waals surface area (Å²) in [4.78, 5) is 45.0. The fourth-order valence-corrected chi connectivity index (χ4v) is 4.37. The van der Waals surface area contributed by atoms with Gasteiger partial charge in [-0.25, -0.2) is 5.06 Å². The van der Waals surface area contributed by atoms with E-state index in [-0.39, 0.29) is 31.4 Å². The van der Waals surface area contributed by atoms with E-state index in [9.17, 15) is 14.4 Å². The molecule has 31 heavy (non-hydrogen) atoms. The van der Waals surface area contributed by atoms with Crippen LogP contribution in [0.25, 0.3) is 0 Å². The highest BCUT2D eigenvalue weighted by molar-refractivity contribution is 6.32. The van der Waals surface area contributed by atoms with Crippen LogP contribution < -0.4 is 4.74 Å². The monoisotopic (exact) mass is 454 g/mol. The number of nitrogens with zero attached hydrogens (tertiary/aromatic N) is 2. The van der Waals surface area contributed by atoms with Gasteiger partial charge in [0.2, 0.25) is 5.91 Å². The van der Waals surface area contributed by atoms with E-state index in [4.69, 9.17) is 30.6 Å². The number of ether oxygens (including phenoxy) is 3. The number of hydrogen-bond acceptors (Lipinski definition) is 7. The van der Waals surface area contributed by atoms with Gasteiger partial charge in [0.1, 0.15) is 5.75 Å². The van der Waals surface area contributed by atoms with Gasteiger partial charge in [0.05, 0.1) is 36.8 Å². The zero-order valence-corrected chi connectivity index (χ0v) is 18.4. The Labute approximate surface area is 186 Å². The Balaban J connectivity index is 1.66. The van der Waals surface area contributed by atoms with Gasteiger partial charge in [0, 0.05) is 26.6 Å². The summed E-state index contributed by atoms with van der Waals surface area (Å²) in [7, 11) is 2.84. The lowest BCUT2D eigenvalue weighted by molar-refractivity contribution is -0.226. The van der Waals surface area contributed by atoms with Gasteiger partial charge in [-0.3, -0.25) is 19.2 Å². The van der Waals surface area contributed by atoms with Gasteiger partial charge >= 0.3 is 5.97 Å². The molecule has 0 aromatic heterocycles. The number of carbonyl (C=O) groups excluding carboxylic acids is 3. The number of para-hydroxylation sites is 1. The van der Waals surface area contributed by atoms with Crippen molar-refractivity contribution in [1.29, 1.82) is 0 Å². The van der Waals surface area contributed by atoms with Crippen LogP contribution in [0.3, 0.4) is 0 Å². The van der Waals surface area contributed by atoms with E-state index in [0.29, 0.717) is 43.3 Å². The van der Waals surface area contributed by atoms with Crippen molar-refractivity contribution >= 4 is 29.4 Å². The van der Waals surface area contributed by atoms with Crippen LogP contribution in [0.2, 0.25) is 5.02 Å². The molecule has 1 atom stereocenters. The molecule has 2 saturated heterocycles. The molecule has 0 bridgehead atoms. The van der Waals surface area contributed by atoms with Crippen LogP contribution in [-0.2, 0) is 28.7 Å². The molecule has 0 N–H and O–H groups in total. The van der Waals surface area contributed by atoms with Gasteiger partial charge in [-0.2, -0.15) is 0 Å². The molecule has 0 aliphatic carbocycles. The van der Waals surface area contributed by atoms with Crippen LogP contribution in [-0.4, -0.2) is 80.4 Å². The van der Waals surface area contributed by atoms with Gasteiger partial charge in [-0.1, -0.05) is 23.7 Å². The minimum atomic E-state index is -0.849. The number of carbonyl (C=O) groups is 3. The lowest BCUT2D eigenvalue weighted by Gasteiger charge is -2.45. The fraction of sp³-hybridized carbons (Fsp3) is 0.571. The maximum absolute atomic E-state index is 12.7. The summed E-state index contributed by atoms with van der Waals surface area (Å²) in [5.41, 5.74) is -0.849. The van der Waals surface area contributed by atoms with E-state index in [1.54, 1.807) is 29.2 Å². The molecular formula is C21H27ClN2O7. The van der Waals surface area contributed by atoms with Crippen molar-refractivity contribution in [3.63, 3.8) is 0 Å². The molecule has 0 unspecified atom stereocenters. The second-order valence-electron chi connectivity index (χ2n) is 7.50. The molecule has 2 amide bonds. The first-order chi connectivity index (χ1) is 14.9. The van der Waals surface area contributed by atoms with Crippen molar-refractivity contribution in [3.05, 3.63) is 29.3 Å². The summed E-state index contributed by atoms with van der Waals surface area (Å²) in [6.45, 7) is 1.06. The van der Waals surface area contributed by atoms with Crippen LogP contribution >= 0.6 is 11.6 Å². The quantitative estimate of drug-likeness (QED) is 0.435. The average Bonchev–Trinajstić information content (AvgIpc) is 3.04. The highest BCUT2D eigenvalue weighted by Gasteiger charge is 2.58. The second-order valence-corrected chi connectivity index (χ2v) is 7.90. The summed E-state index contributed by atoms with van der Waals surface area (Å²) >= 11 is 6.06. The van der Waals surface area contributed by atoms with Crippen molar-refractivity contribution in [2.24, 2.45) is 5.92 Å². The maximum atomic E-state index is 12.7. The van der Waals surface area contributed by atoms with Crippen LogP contribution in [0.15, 0.2) is 24.3 Å². The van der Waals surface area contributed by atoms with Crippen molar-refractivity contribution in [1.82, 2.24) is 9.96 Å². The van der Waals surface area contributed by atoms with Gasteiger partial charge in [0.25, 0.3) is 5.91 Å². The Kier molecular flexibility index (Phi) is 7.74. The summed E-state index contributed by atoms with van der Waals surface area (Å²) in [5, 5.41) is 1.75. The van der Waals surface area contributed by atoms with Crippen LogP contribution in [0.5, 0.6) is 5.75 Å². The first kappa shape index (κ1) is 23.3. The highest BCUT2D eigenvalue weighted by atomic mass is 35.5. The zero-order valence-electron chi connectivity index (χ0n) is 17.7. The number of hydrogen-bond donors (Lipinski definition) is 0. The molecule has 2 aliphatic rings. The SMILES string of the molecule is COCCON1C(=O)C[C@H](C(=O)OC)C12CCN(C(=O)COc1ccccc1Cl)CC2. The van der Waals surface area contributed by atoms with Gasteiger partial charge in [0.15, 0.2) is 6.61 Å². The molecule has 0 saturated carbocycles. The zero-order chi connectivity index (χ0) is 22.4. The minimum Gasteiger partial charge on any atom is -0.482 e. The van der Waals surface area contributed by atoms with Crippen molar-refractivity contribution < 1.29 is 33.4 Å². The Morgan fingerprint density at radius 2 is 1.87 bits per heavy atom. The highest BCUT2D eigenvalue weighted by Crippen LogP contribution is 2.44. The van der Waals surface area contributed by atoms with Crippen molar-refractivity contribution in [2.45, 2.75) is 24.8 Å². The Hall–Kier alpha value is -2.36. The molecule has 9 nitrogen and oxygen atoms in total. The number of likely N-dealkylation sites (tertiary alicyclic amines) is 1. The number of hydroxylamine groups is 2. The molecule has 2 heterocycles. The van der Waals surface area contributed by atoms with Crippen LogP contribution in [0.4, 0.5) is 0 Å². The predicted octanol–water partition coefficient (Wildman–Crippen LogP) is 1.68. The van der Waals surface area contributed by atoms with Gasteiger partial charge in [-0.05, 0) is 25.0 Å². The molecule has 2 fully saturated rings. The Morgan fingerprint density at radius 3 is 2.52 bits per heavy atom. The van der Waals surface area contributed by atoms with Crippen LogP contribution in [0.1, 0.15) is 19.3 Å². The van der Waals surface area contributed by atoms with Crippen molar-refractivity contribution in [2.75, 3.05) is 47.1 Å². The van der Waals surface area contributed by atoms with E-state index < -0.39 is 17.4 Å². The molecule has 1 spiro atoms. The number of rotatable bonds is 8. The molecule has 1 aromatic rings. The van der Waals surface area contributed by atoms with Gasteiger partial charge < -0.3 is 19.1 Å². The summed E-state index contributed by atoms with van der Waals surface area (Å²) in [5.74, 6) is -1.12. The first-order valence-corrected chi connectivity index (χ1v) is 10.5. The van der Waals surface area contributed by atoms with Gasteiger partial charge in [-0.15, -0.1) is 0 Å². The summed E-state index contributed by atoms with van der Waals surface area (Å²) in [6.07, 6.45) is 0.801. The van der Waals surface area contributed by atoms with Crippen molar-refractivity contribution in [3.8, 4) is 5.75 Å². The maximum Gasteiger partial charge on any atom is 0.311 e. The molecule has 1 aromatic carbocycles. The molecule has 0 radical (unpaired) electrons. The molecule has 3 rings (SSSR count). The largest absolute Gasteiger partial charge is 0.482 e. The standard InChI is InChI=1S/C21H27ClN2O7/c1-28-11-12-31-24-18(25)13-15(20(27)29-2)21(24)7-9-23(10-8-21)19(26)14-30-17-6-4-3-5-16(17)22/h3-6,15H,7-14H2,1-2H3/t15-/m1/s1. The molecular weight excluding hydrogens is 428 g/mol. The normalized spacial score (nSPS) is 20.2. The Bertz CT molecular complexity index is 811. The predicted molar refractivity (Wildman–Crippen MR) is 110 cm³/mol. The second kappa shape index (κ2) is 10.3. The molecule has 170 valence electrons. The van der Waals surface area contributed by atoms with E-state index in [1.807, 2.05) is 0 Å². The lowest BCUT2D eigenvalue weighted by atomic mass is 9.77. The number of benzene rings is 1. The summed E-state index contributed by atoms with van der Waals surface area (Å²) in [6, 6.07) is 6.94. The fourth-order valence-electron chi connectivity index (χ4n) is 4.18. The van der Waals surface area contributed by atoms with E-state index in [2.05, 4.69) is 0 Å². The minimum absolute atomic E-state index is 0.0171. The lowest BCUT2D eigenvalue weighted by Crippen LogP contribution is -2.58. The average molecular weight is 455 g/mol.